The molecule has 0 bridgehead atoms. The van der Waals surface area contributed by atoms with Gasteiger partial charge in [0, 0.05) is 35.3 Å². The molecule has 1 N–H and O–H groups in total. The molecule has 26 heavy (non-hydrogen) atoms. The van der Waals surface area contributed by atoms with Gasteiger partial charge in [-0.2, -0.15) is 0 Å². The van der Waals surface area contributed by atoms with Crippen LogP contribution in [0.5, 0.6) is 0 Å². The van der Waals surface area contributed by atoms with Crippen LogP contribution in [-0.4, -0.2) is 17.4 Å². The summed E-state index contributed by atoms with van der Waals surface area (Å²) in [5.41, 5.74) is 3.60. The number of thiazole rings is 1. The summed E-state index contributed by atoms with van der Waals surface area (Å²) >= 11 is 1.49. The Morgan fingerprint density at radius 2 is 1.81 bits per heavy atom. The molecule has 4 nitrogen and oxygen atoms in total. The molecule has 2 aromatic carbocycles. The van der Waals surface area contributed by atoms with E-state index in [1.165, 1.54) is 23.5 Å². The SMILES string of the molecule is Cl.O=C1CCCN1c1ccc(-c2csc(Nc3ccc(F)cc3)n2)cc1. The second-order valence-corrected chi connectivity index (χ2v) is 6.72. The van der Waals surface area contributed by atoms with Gasteiger partial charge < -0.3 is 10.2 Å². The number of anilines is 3. The van der Waals surface area contributed by atoms with Gasteiger partial charge in [0.1, 0.15) is 5.82 Å². The summed E-state index contributed by atoms with van der Waals surface area (Å²) in [6, 6.07) is 14.1. The highest BCUT2D eigenvalue weighted by Gasteiger charge is 2.21. The lowest BCUT2D eigenvalue weighted by Gasteiger charge is -2.15. The summed E-state index contributed by atoms with van der Waals surface area (Å²) in [7, 11) is 0. The van der Waals surface area contributed by atoms with E-state index in [-0.39, 0.29) is 24.1 Å². The van der Waals surface area contributed by atoms with Crippen molar-refractivity contribution in [2.75, 3.05) is 16.8 Å². The quantitative estimate of drug-likeness (QED) is 0.663. The Morgan fingerprint density at radius 1 is 1.08 bits per heavy atom. The Bertz CT molecular complexity index is 896. The highest BCUT2D eigenvalue weighted by atomic mass is 35.5. The number of benzene rings is 2. The Balaban J connectivity index is 0.00000196. The van der Waals surface area contributed by atoms with E-state index in [1.54, 1.807) is 12.1 Å². The number of amides is 1. The molecule has 0 atom stereocenters. The van der Waals surface area contributed by atoms with Gasteiger partial charge in [-0.25, -0.2) is 9.37 Å². The van der Waals surface area contributed by atoms with Gasteiger partial charge in [-0.1, -0.05) is 12.1 Å². The van der Waals surface area contributed by atoms with Crippen molar-refractivity contribution >= 4 is 46.2 Å². The number of halogens is 2. The molecular weight excluding hydrogens is 373 g/mol. The van der Waals surface area contributed by atoms with Crippen LogP contribution in [0, 0.1) is 5.82 Å². The molecule has 4 rings (SSSR count). The van der Waals surface area contributed by atoms with Gasteiger partial charge in [-0.3, -0.25) is 4.79 Å². The Hall–Kier alpha value is -2.44. The molecule has 1 aromatic heterocycles. The van der Waals surface area contributed by atoms with Crippen LogP contribution in [0.2, 0.25) is 0 Å². The Kier molecular flexibility index (Phi) is 5.54. The third kappa shape index (κ3) is 3.86. The molecule has 0 aliphatic carbocycles. The number of nitrogens with one attached hydrogen (secondary N) is 1. The fourth-order valence-corrected chi connectivity index (χ4v) is 3.59. The lowest BCUT2D eigenvalue weighted by molar-refractivity contribution is -0.117. The van der Waals surface area contributed by atoms with Crippen molar-refractivity contribution in [1.82, 2.24) is 4.98 Å². The van der Waals surface area contributed by atoms with Gasteiger partial charge in [0.25, 0.3) is 0 Å². The van der Waals surface area contributed by atoms with Crippen LogP contribution in [0.3, 0.4) is 0 Å². The summed E-state index contributed by atoms with van der Waals surface area (Å²) in [6.45, 7) is 0.792. The first-order valence-corrected chi connectivity index (χ1v) is 8.96. The molecule has 1 aliphatic heterocycles. The Morgan fingerprint density at radius 3 is 2.46 bits per heavy atom. The topological polar surface area (TPSA) is 45.2 Å². The zero-order valence-electron chi connectivity index (χ0n) is 13.8. The predicted octanol–water partition coefficient (Wildman–Crippen LogP) is 5.24. The molecule has 1 amide bonds. The number of carbonyl (C=O) groups is 1. The minimum Gasteiger partial charge on any atom is -0.332 e. The fourth-order valence-electron chi connectivity index (χ4n) is 2.85. The van der Waals surface area contributed by atoms with Gasteiger partial charge in [0.15, 0.2) is 5.13 Å². The van der Waals surface area contributed by atoms with Crippen molar-refractivity contribution < 1.29 is 9.18 Å². The third-order valence-electron chi connectivity index (χ3n) is 4.15. The number of rotatable bonds is 4. The molecule has 0 unspecified atom stereocenters. The van der Waals surface area contributed by atoms with Crippen LogP contribution >= 0.6 is 23.7 Å². The van der Waals surface area contributed by atoms with E-state index < -0.39 is 0 Å². The van der Waals surface area contributed by atoms with Crippen LogP contribution in [-0.2, 0) is 4.79 Å². The van der Waals surface area contributed by atoms with Crippen molar-refractivity contribution in [3.8, 4) is 11.3 Å². The molecule has 0 radical (unpaired) electrons. The third-order valence-corrected chi connectivity index (χ3v) is 4.91. The van der Waals surface area contributed by atoms with Crippen molar-refractivity contribution in [3.05, 3.63) is 59.7 Å². The molecule has 7 heteroatoms. The zero-order valence-corrected chi connectivity index (χ0v) is 15.4. The van der Waals surface area contributed by atoms with Gasteiger partial charge in [0.2, 0.25) is 5.91 Å². The molecular formula is C19H17ClFN3OS. The summed E-state index contributed by atoms with van der Waals surface area (Å²) in [4.78, 5) is 18.2. The van der Waals surface area contributed by atoms with Gasteiger partial charge >= 0.3 is 0 Å². The van der Waals surface area contributed by atoms with Gasteiger partial charge in [-0.05, 0) is 42.8 Å². The molecule has 134 valence electrons. The van der Waals surface area contributed by atoms with Crippen molar-refractivity contribution in [3.63, 3.8) is 0 Å². The first kappa shape index (κ1) is 18.4. The highest BCUT2D eigenvalue weighted by Crippen LogP contribution is 2.29. The van der Waals surface area contributed by atoms with Crippen LogP contribution in [0.25, 0.3) is 11.3 Å². The smallest absolute Gasteiger partial charge is 0.227 e. The second-order valence-electron chi connectivity index (χ2n) is 5.87. The summed E-state index contributed by atoms with van der Waals surface area (Å²) in [6.07, 6.45) is 1.55. The van der Waals surface area contributed by atoms with Gasteiger partial charge in [0.05, 0.1) is 5.69 Å². The van der Waals surface area contributed by atoms with E-state index in [0.717, 1.165) is 40.7 Å². The largest absolute Gasteiger partial charge is 0.332 e. The molecule has 3 aromatic rings. The van der Waals surface area contributed by atoms with E-state index in [9.17, 15) is 9.18 Å². The first-order chi connectivity index (χ1) is 12.2. The molecule has 2 heterocycles. The number of hydrogen-bond acceptors (Lipinski definition) is 4. The van der Waals surface area contributed by atoms with Crippen LogP contribution in [0.4, 0.5) is 20.9 Å². The summed E-state index contributed by atoms with van der Waals surface area (Å²) in [5.74, 6) is -0.0749. The fraction of sp³-hybridized carbons (Fsp3) is 0.158. The average Bonchev–Trinajstić information content (AvgIpc) is 3.26. The average molecular weight is 390 g/mol. The zero-order chi connectivity index (χ0) is 17.2. The molecule has 1 aliphatic rings. The van der Waals surface area contributed by atoms with E-state index in [1.807, 2.05) is 34.5 Å². The standard InChI is InChI=1S/C19H16FN3OS.ClH/c20-14-5-7-15(8-6-14)21-19-22-17(12-25-19)13-3-9-16(10-4-13)23-11-1-2-18(23)24;/h3-10,12H,1-2,11H2,(H,21,22);1H. The van der Waals surface area contributed by atoms with E-state index in [2.05, 4.69) is 10.3 Å². The maximum atomic E-state index is 13.0. The highest BCUT2D eigenvalue weighted by molar-refractivity contribution is 7.14. The maximum absolute atomic E-state index is 13.0. The lowest BCUT2D eigenvalue weighted by Crippen LogP contribution is -2.23. The van der Waals surface area contributed by atoms with Crippen LogP contribution in [0.15, 0.2) is 53.9 Å². The van der Waals surface area contributed by atoms with E-state index >= 15 is 0 Å². The molecule has 1 fully saturated rings. The monoisotopic (exact) mass is 389 g/mol. The normalized spacial score (nSPS) is 13.6. The number of hydrogen-bond donors (Lipinski definition) is 1. The minimum absolute atomic E-state index is 0. The van der Waals surface area contributed by atoms with Crippen LogP contribution in [0.1, 0.15) is 12.8 Å². The second kappa shape index (κ2) is 7.85. The number of aromatic nitrogens is 1. The molecule has 0 saturated carbocycles. The van der Waals surface area contributed by atoms with Crippen molar-refractivity contribution in [2.24, 2.45) is 0 Å². The number of nitrogens with zero attached hydrogens (tertiary/aromatic N) is 2. The lowest BCUT2D eigenvalue weighted by atomic mass is 10.1. The summed E-state index contributed by atoms with van der Waals surface area (Å²) in [5, 5.41) is 5.90. The van der Waals surface area contributed by atoms with Crippen molar-refractivity contribution in [1.29, 1.82) is 0 Å². The minimum atomic E-state index is -0.262. The molecule has 0 spiro atoms. The van der Waals surface area contributed by atoms with E-state index in [4.69, 9.17) is 0 Å². The number of carbonyl (C=O) groups excluding carboxylic acids is 1. The van der Waals surface area contributed by atoms with E-state index in [0.29, 0.717) is 6.42 Å². The first-order valence-electron chi connectivity index (χ1n) is 8.08. The van der Waals surface area contributed by atoms with Crippen molar-refractivity contribution in [2.45, 2.75) is 12.8 Å². The maximum Gasteiger partial charge on any atom is 0.227 e. The van der Waals surface area contributed by atoms with Gasteiger partial charge in [-0.15, -0.1) is 23.7 Å². The predicted molar refractivity (Wildman–Crippen MR) is 106 cm³/mol. The Labute approximate surface area is 161 Å². The summed E-state index contributed by atoms with van der Waals surface area (Å²) < 4.78 is 13.0. The van der Waals surface area contributed by atoms with Crippen LogP contribution < -0.4 is 10.2 Å². The molecule has 1 saturated heterocycles.